The molecule has 0 bridgehead atoms. The largest absolute Gasteiger partial charge is 0.411 e. The molecule has 0 saturated heterocycles. The van der Waals surface area contributed by atoms with Crippen LogP contribution >= 0.6 is 11.8 Å². The van der Waals surface area contributed by atoms with Crippen LogP contribution in [-0.2, 0) is 4.74 Å². The molecule has 4 nitrogen and oxygen atoms in total. The fourth-order valence-corrected chi connectivity index (χ4v) is 1.11. The standard InChI is InChI=1S/C6H12F3N3OS/c7-6(8,9)4-13-2-1-3-14-5(10)12-11/h1-4,11H2,(H2,10,12). The van der Waals surface area contributed by atoms with Crippen molar-refractivity contribution in [1.29, 1.82) is 0 Å². The maximum atomic E-state index is 11.6. The van der Waals surface area contributed by atoms with Crippen LogP contribution in [-0.4, -0.2) is 30.3 Å². The van der Waals surface area contributed by atoms with E-state index < -0.39 is 12.8 Å². The van der Waals surface area contributed by atoms with E-state index in [4.69, 9.17) is 11.6 Å². The number of rotatable bonds is 5. The lowest BCUT2D eigenvalue weighted by Gasteiger charge is -2.06. The van der Waals surface area contributed by atoms with Crippen molar-refractivity contribution in [3.63, 3.8) is 0 Å². The van der Waals surface area contributed by atoms with Gasteiger partial charge in [-0.25, -0.2) is 0 Å². The third-order valence-corrected chi connectivity index (χ3v) is 1.97. The first-order valence-electron chi connectivity index (χ1n) is 3.76. The van der Waals surface area contributed by atoms with Gasteiger partial charge in [0, 0.05) is 12.4 Å². The number of halogens is 3. The Hall–Kier alpha value is -0.630. The average Bonchev–Trinajstić information content (AvgIpc) is 2.08. The summed E-state index contributed by atoms with van der Waals surface area (Å²) in [5.74, 6) is 5.36. The van der Waals surface area contributed by atoms with Crippen molar-refractivity contribution in [2.75, 3.05) is 19.0 Å². The molecule has 0 spiro atoms. The third-order valence-electron chi connectivity index (χ3n) is 1.08. The molecule has 0 aliphatic rings. The minimum Gasteiger partial charge on any atom is -0.377 e. The molecule has 14 heavy (non-hydrogen) atoms. The Labute approximate surface area is 83.8 Å². The van der Waals surface area contributed by atoms with Gasteiger partial charge in [-0.2, -0.15) is 18.3 Å². The highest BCUT2D eigenvalue weighted by Crippen LogP contribution is 2.14. The van der Waals surface area contributed by atoms with Crippen molar-refractivity contribution in [3.05, 3.63) is 0 Å². The van der Waals surface area contributed by atoms with Crippen LogP contribution in [0.3, 0.4) is 0 Å². The van der Waals surface area contributed by atoms with Gasteiger partial charge in [0.2, 0.25) is 0 Å². The maximum absolute atomic E-state index is 11.6. The fraction of sp³-hybridized carbons (Fsp3) is 0.833. The number of alkyl halides is 3. The molecule has 0 amide bonds. The minimum atomic E-state index is -4.26. The van der Waals surface area contributed by atoms with E-state index in [0.717, 1.165) is 0 Å². The molecule has 0 rings (SSSR count). The minimum absolute atomic E-state index is 0.0460. The monoisotopic (exact) mass is 231 g/mol. The van der Waals surface area contributed by atoms with Crippen LogP contribution < -0.4 is 11.6 Å². The zero-order valence-corrected chi connectivity index (χ0v) is 8.20. The molecule has 84 valence electrons. The van der Waals surface area contributed by atoms with Gasteiger partial charge in [-0.05, 0) is 6.42 Å². The zero-order valence-electron chi connectivity index (χ0n) is 7.38. The summed E-state index contributed by atoms with van der Waals surface area (Å²) >= 11 is 1.18. The van der Waals surface area contributed by atoms with Gasteiger partial charge in [0.05, 0.1) is 0 Å². The van der Waals surface area contributed by atoms with Crippen molar-refractivity contribution in [1.82, 2.24) is 0 Å². The van der Waals surface area contributed by atoms with E-state index in [1.807, 2.05) is 0 Å². The topological polar surface area (TPSA) is 73.6 Å². The van der Waals surface area contributed by atoms with Gasteiger partial charge in [-0.15, -0.1) is 0 Å². The summed E-state index contributed by atoms with van der Waals surface area (Å²) in [7, 11) is 0. The summed E-state index contributed by atoms with van der Waals surface area (Å²) in [6, 6.07) is 0. The van der Waals surface area contributed by atoms with E-state index in [2.05, 4.69) is 9.84 Å². The van der Waals surface area contributed by atoms with Crippen molar-refractivity contribution in [2.24, 2.45) is 16.7 Å². The van der Waals surface area contributed by atoms with E-state index in [0.29, 0.717) is 12.2 Å². The molecule has 0 radical (unpaired) electrons. The molecule has 0 aromatic carbocycles. The Morgan fingerprint density at radius 1 is 1.43 bits per heavy atom. The Bertz CT molecular complexity index is 186. The molecule has 0 fully saturated rings. The first-order valence-corrected chi connectivity index (χ1v) is 4.75. The van der Waals surface area contributed by atoms with E-state index in [9.17, 15) is 13.2 Å². The smallest absolute Gasteiger partial charge is 0.377 e. The molecule has 0 unspecified atom stereocenters. The number of hydrazone groups is 1. The molecule has 0 aromatic rings. The highest BCUT2D eigenvalue weighted by Gasteiger charge is 2.27. The van der Waals surface area contributed by atoms with Crippen molar-refractivity contribution >= 4 is 16.9 Å². The van der Waals surface area contributed by atoms with Crippen molar-refractivity contribution < 1.29 is 17.9 Å². The SMILES string of the molecule is NN=C(N)SCCCOCC(F)(F)F. The van der Waals surface area contributed by atoms with Gasteiger partial charge in [0.1, 0.15) is 6.61 Å². The van der Waals surface area contributed by atoms with E-state index in [1.54, 1.807) is 0 Å². The van der Waals surface area contributed by atoms with Gasteiger partial charge in [0.15, 0.2) is 5.17 Å². The molecule has 0 aliphatic heterocycles. The first kappa shape index (κ1) is 13.4. The summed E-state index contributed by atoms with van der Waals surface area (Å²) in [5, 5.41) is 3.39. The summed E-state index contributed by atoms with van der Waals surface area (Å²) in [4.78, 5) is 0. The van der Waals surface area contributed by atoms with Crippen LogP contribution in [0.25, 0.3) is 0 Å². The molecule has 0 atom stereocenters. The van der Waals surface area contributed by atoms with Gasteiger partial charge >= 0.3 is 6.18 Å². The summed E-state index contributed by atoms with van der Waals surface area (Å²) < 4.78 is 39.0. The Morgan fingerprint density at radius 3 is 2.57 bits per heavy atom. The van der Waals surface area contributed by atoms with Crippen LogP contribution in [0, 0.1) is 0 Å². The number of hydrogen-bond donors (Lipinski definition) is 2. The van der Waals surface area contributed by atoms with Crippen LogP contribution in [0.4, 0.5) is 13.2 Å². The maximum Gasteiger partial charge on any atom is 0.411 e. The highest BCUT2D eigenvalue weighted by molar-refractivity contribution is 8.13. The number of amidine groups is 1. The lowest BCUT2D eigenvalue weighted by atomic mass is 10.5. The van der Waals surface area contributed by atoms with Gasteiger partial charge in [-0.3, -0.25) is 0 Å². The van der Waals surface area contributed by atoms with Gasteiger partial charge in [-0.1, -0.05) is 11.8 Å². The molecular weight excluding hydrogens is 219 g/mol. The second-order valence-corrected chi connectivity index (χ2v) is 3.45. The molecule has 4 N–H and O–H groups in total. The molecule has 0 saturated carbocycles. The van der Waals surface area contributed by atoms with Gasteiger partial charge in [0.25, 0.3) is 0 Å². The average molecular weight is 231 g/mol. The lowest BCUT2D eigenvalue weighted by molar-refractivity contribution is -0.173. The van der Waals surface area contributed by atoms with Crippen LogP contribution in [0.2, 0.25) is 0 Å². The molecule has 0 aliphatic carbocycles. The van der Waals surface area contributed by atoms with E-state index in [1.165, 1.54) is 11.8 Å². The van der Waals surface area contributed by atoms with Crippen LogP contribution in [0.15, 0.2) is 5.10 Å². The van der Waals surface area contributed by atoms with Gasteiger partial charge < -0.3 is 16.3 Å². The van der Waals surface area contributed by atoms with E-state index in [-0.39, 0.29) is 11.8 Å². The number of ether oxygens (including phenoxy) is 1. The van der Waals surface area contributed by atoms with Crippen molar-refractivity contribution in [2.45, 2.75) is 12.6 Å². The number of nitrogens with zero attached hydrogens (tertiary/aromatic N) is 1. The Balaban J connectivity index is 3.23. The predicted octanol–water partition coefficient (Wildman–Crippen LogP) is 0.877. The lowest BCUT2D eigenvalue weighted by Crippen LogP contribution is -2.17. The number of nitrogens with two attached hydrogens (primary N) is 2. The normalized spacial score (nSPS) is 13.2. The molecule has 0 heterocycles. The van der Waals surface area contributed by atoms with Crippen molar-refractivity contribution in [3.8, 4) is 0 Å². The highest BCUT2D eigenvalue weighted by atomic mass is 32.2. The molecule has 0 aromatic heterocycles. The number of hydrogen-bond acceptors (Lipinski definition) is 4. The fourth-order valence-electron chi connectivity index (χ4n) is 0.563. The summed E-state index contributed by atoms with van der Waals surface area (Å²) in [6.07, 6.45) is -3.79. The summed E-state index contributed by atoms with van der Waals surface area (Å²) in [5.41, 5.74) is 5.22. The van der Waals surface area contributed by atoms with Crippen LogP contribution in [0.5, 0.6) is 0 Å². The molecule has 8 heteroatoms. The Kier molecular flexibility index (Phi) is 6.46. The Morgan fingerprint density at radius 2 is 2.07 bits per heavy atom. The van der Waals surface area contributed by atoms with Crippen LogP contribution in [0.1, 0.15) is 6.42 Å². The summed E-state index contributed by atoms with van der Waals surface area (Å²) in [6.45, 7) is -1.16. The van der Waals surface area contributed by atoms with E-state index >= 15 is 0 Å². The predicted molar refractivity (Wildman–Crippen MR) is 49.8 cm³/mol. The molecular formula is C6H12F3N3OS. The zero-order chi connectivity index (χ0) is 11.0. The number of thioether (sulfide) groups is 1. The third kappa shape index (κ3) is 9.46. The second-order valence-electron chi connectivity index (χ2n) is 2.34. The second kappa shape index (κ2) is 6.77. The quantitative estimate of drug-likeness (QED) is 0.242. The first-order chi connectivity index (χ1) is 6.45.